The average Bonchev–Trinajstić information content (AvgIpc) is 3.64. The highest BCUT2D eigenvalue weighted by atomic mass is 32.1. The molecule has 8 nitrogen and oxygen atoms in total. The van der Waals surface area contributed by atoms with Crippen LogP contribution in [0.15, 0.2) is 69.7 Å². The molecule has 1 aromatic carbocycles. The van der Waals surface area contributed by atoms with Crippen molar-refractivity contribution in [2.45, 2.75) is 12.5 Å². The van der Waals surface area contributed by atoms with Crippen LogP contribution in [0.1, 0.15) is 33.5 Å². The summed E-state index contributed by atoms with van der Waals surface area (Å²) >= 11 is 1.39. The van der Waals surface area contributed by atoms with Crippen molar-refractivity contribution in [2.24, 2.45) is 5.10 Å². The van der Waals surface area contributed by atoms with Crippen LogP contribution < -0.4 is 4.74 Å². The van der Waals surface area contributed by atoms with Gasteiger partial charge >= 0.3 is 0 Å². The molecule has 2 amide bonds. The number of hydrogen-bond acceptors (Lipinski definition) is 7. The van der Waals surface area contributed by atoms with Gasteiger partial charge in [-0.1, -0.05) is 6.07 Å². The fourth-order valence-corrected chi connectivity index (χ4v) is 4.54. The van der Waals surface area contributed by atoms with Gasteiger partial charge in [-0.3, -0.25) is 9.59 Å². The van der Waals surface area contributed by atoms with Crippen molar-refractivity contribution < 1.29 is 23.5 Å². The predicted molar refractivity (Wildman–Crippen MR) is 122 cm³/mol. The van der Waals surface area contributed by atoms with E-state index in [9.17, 15) is 9.59 Å². The number of thiophene rings is 1. The number of morpholine rings is 1. The molecule has 4 heterocycles. The quantitative estimate of drug-likeness (QED) is 0.556. The number of carbonyl (C=O) groups excluding carboxylic acids is 2. The van der Waals surface area contributed by atoms with Crippen molar-refractivity contribution in [3.63, 3.8) is 0 Å². The lowest BCUT2D eigenvalue weighted by Gasteiger charge is -2.26. The van der Waals surface area contributed by atoms with Gasteiger partial charge in [0.25, 0.3) is 11.8 Å². The van der Waals surface area contributed by atoms with Crippen molar-refractivity contribution in [3.05, 3.63) is 76.4 Å². The standard InChI is InChI=1S/C24H23N3O5S/c28-23(26-9-12-30-13-10-26)16-32-18-7-5-17(6-8-18)19-15-20(21-3-1-11-31-21)27(25-19)24(29)22-4-2-14-33-22/h1-8,11,14,20H,9-10,12-13,15-16H2. The Hall–Kier alpha value is -3.43. The van der Waals surface area contributed by atoms with Crippen LogP contribution in [0.25, 0.3) is 0 Å². The van der Waals surface area contributed by atoms with Crippen LogP contribution in [0.3, 0.4) is 0 Å². The minimum absolute atomic E-state index is 0.00997. The molecule has 1 atom stereocenters. The Morgan fingerprint density at radius 2 is 1.91 bits per heavy atom. The maximum atomic E-state index is 13.0. The zero-order valence-electron chi connectivity index (χ0n) is 17.9. The summed E-state index contributed by atoms with van der Waals surface area (Å²) in [6.45, 7) is 2.31. The van der Waals surface area contributed by atoms with Crippen LogP contribution in [0.5, 0.6) is 5.75 Å². The first-order chi connectivity index (χ1) is 16.2. The van der Waals surface area contributed by atoms with Gasteiger partial charge in [-0.25, -0.2) is 5.01 Å². The molecule has 1 saturated heterocycles. The number of furan rings is 1. The third-order valence-electron chi connectivity index (χ3n) is 5.64. The maximum absolute atomic E-state index is 13.0. The molecule has 3 aromatic rings. The fraction of sp³-hybridized carbons (Fsp3) is 0.292. The summed E-state index contributed by atoms with van der Waals surface area (Å²) < 4.78 is 16.5. The van der Waals surface area contributed by atoms with Gasteiger partial charge in [-0.15, -0.1) is 11.3 Å². The highest BCUT2D eigenvalue weighted by Crippen LogP contribution is 2.35. The van der Waals surface area contributed by atoms with Crippen molar-refractivity contribution in [1.82, 2.24) is 9.91 Å². The zero-order valence-corrected chi connectivity index (χ0v) is 18.7. The van der Waals surface area contributed by atoms with Crippen molar-refractivity contribution in [2.75, 3.05) is 32.9 Å². The van der Waals surface area contributed by atoms with E-state index in [-0.39, 0.29) is 24.5 Å². The van der Waals surface area contributed by atoms with E-state index in [0.717, 1.165) is 11.3 Å². The molecule has 0 radical (unpaired) electrons. The van der Waals surface area contributed by atoms with Gasteiger partial charge in [0.05, 0.1) is 30.1 Å². The third kappa shape index (κ3) is 4.69. The second kappa shape index (κ2) is 9.60. The van der Waals surface area contributed by atoms with Gasteiger partial charge in [0.15, 0.2) is 6.61 Å². The molecule has 1 fully saturated rings. The summed E-state index contributed by atoms with van der Waals surface area (Å²) in [5.74, 6) is 1.10. The molecule has 0 saturated carbocycles. The molecule has 5 rings (SSSR count). The molecule has 0 aliphatic carbocycles. The lowest BCUT2D eigenvalue weighted by Crippen LogP contribution is -2.42. The Bertz CT molecular complexity index is 1120. The van der Waals surface area contributed by atoms with E-state index >= 15 is 0 Å². The molecule has 0 bridgehead atoms. The summed E-state index contributed by atoms with van der Waals surface area (Å²) in [7, 11) is 0. The van der Waals surface area contributed by atoms with Crippen molar-refractivity contribution in [1.29, 1.82) is 0 Å². The zero-order chi connectivity index (χ0) is 22.6. The smallest absolute Gasteiger partial charge is 0.284 e. The molecule has 2 aliphatic rings. The van der Waals surface area contributed by atoms with Gasteiger partial charge < -0.3 is 18.8 Å². The van der Waals surface area contributed by atoms with Crippen molar-refractivity contribution >= 4 is 28.9 Å². The molecule has 2 aliphatic heterocycles. The van der Waals surface area contributed by atoms with E-state index in [4.69, 9.17) is 13.9 Å². The van der Waals surface area contributed by atoms with E-state index < -0.39 is 0 Å². The molecular formula is C24H23N3O5S. The van der Waals surface area contributed by atoms with E-state index in [1.807, 2.05) is 47.8 Å². The number of hydrogen-bond donors (Lipinski definition) is 0. The first-order valence-corrected chi connectivity index (χ1v) is 11.6. The summed E-state index contributed by atoms with van der Waals surface area (Å²) in [5.41, 5.74) is 1.68. The molecule has 2 aromatic heterocycles. The Balaban J connectivity index is 1.28. The molecule has 9 heteroatoms. The minimum Gasteiger partial charge on any atom is -0.484 e. The van der Waals surface area contributed by atoms with Gasteiger partial charge in [0.2, 0.25) is 0 Å². The van der Waals surface area contributed by atoms with Gasteiger partial charge in [-0.05, 0) is 53.4 Å². The predicted octanol–water partition coefficient (Wildman–Crippen LogP) is 3.57. The largest absolute Gasteiger partial charge is 0.484 e. The highest BCUT2D eigenvalue weighted by Gasteiger charge is 2.35. The van der Waals surface area contributed by atoms with Crippen LogP contribution in [0.2, 0.25) is 0 Å². The van der Waals surface area contributed by atoms with Gasteiger partial charge in [0.1, 0.15) is 17.6 Å². The molecule has 0 N–H and O–H groups in total. The molecule has 0 spiro atoms. The second-order valence-electron chi connectivity index (χ2n) is 7.72. The normalized spacial score (nSPS) is 18.3. The SMILES string of the molecule is O=C(COc1ccc(C2=NN(C(=O)c3cccs3)C(c3ccco3)C2)cc1)N1CCOCC1. The van der Waals surface area contributed by atoms with Gasteiger partial charge in [-0.2, -0.15) is 5.10 Å². The number of rotatable bonds is 6. The fourth-order valence-electron chi connectivity index (χ4n) is 3.88. The van der Waals surface area contributed by atoms with Crippen LogP contribution in [-0.2, 0) is 9.53 Å². The van der Waals surface area contributed by atoms with Crippen LogP contribution in [-0.4, -0.2) is 60.3 Å². The van der Waals surface area contributed by atoms with Crippen LogP contribution >= 0.6 is 11.3 Å². The average molecular weight is 466 g/mol. The number of hydrazone groups is 1. The lowest BCUT2D eigenvalue weighted by molar-refractivity contribution is -0.137. The van der Waals surface area contributed by atoms with Crippen molar-refractivity contribution in [3.8, 4) is 5.75 Å². The lowest BCUT2D eigenvalue weighted by atomic mass is 10.0. The minimum atomic E-state index is -0.299. The highest BCUT2D eigenvalue weighted by molar-refractivity contribution is 7.12. The second-order valence-corrected chi connectivity index (χ2v) is 8.66. The topological polar surface area (TPSA) is 84.6 Å². The number of benzene rings is 1. The van der Waals surface area contributed by atoms with E-state index in [1.165, 1.54) is 16.3 Å². The molecule has 33 heavy (non-hydrogen) atoms. The maximum Gasteiger partial charge on any atom is 0.284 e. The Labute approximate surface area is 195 Å². The first kappa shape index (κ1) is 21.4. The third-order valence-corrected chi connectivity index (χ3v) is 6.49. The summed E-state index contributed by atoms with van der Waals surface area (Å²) in [5, 5.41) is 8.03. The molecular weight excluding hydrogens is 442 g/mol. The Morgan fingerprint density at radius 3 is 2.61 bits per heavy atom. The molecule has 170 valence electrons. The Morgan fingerprint density at radius 1 is 1.09 bits per heavy atom. The summed E-state index contributed by atoms with van der Waals surface area (Å²) in [6.07, 6.45) is 2.14. The number of amides is 2. The number of carbonyl (C=O) groups is 2. The number of ether oxygens (including phenoxy) is 2. The summed E-state index contributed by atoms with van der Waals surface area (Å²) in [4.78, 5) is 27.7. The monoisotopic (exact) mass is 465 g/mol. The van der Waals surface area contributed by atoms with E-state index in [1.54, 1.807) is 17.2 Å². The number of nitrogens with zero attached hydrogens (tertiary/aromatic N) is 3. The summed E-state index contributed by atoms with van der Waals surface area (Å²) in [6, 6.07) is 14.4. The van der Waals surface area contributed by atoms with Crippen LogP contribution in [0.4, 0.5) is 0 Å². The van der Waals surface area contributed by atoms with Gasteiger partial charge in [0, 0.05) is 19.5 Å². The molecule has 1 unspecified atom stereocenters. The first-order valence-electron chi connectivity index (χ1n) is 10.8. The van der Waals surface area contributed by atoms with E-state index in [2.05, 4.69) is 5.10 Å². The Kier molecular flexibility index (Phi) is 6.23. The van der Waals surface area contributed by atoms with Crippen LogP contribution in [0, 0.1) is 0 Å². The van der Waals surface area contributed by atoms with E-state index in [0.29, 0.717) is 49.1 Å².